The number of rotatable bonds is 3. The van der Waals surface area contributed by atoms with Gasteiger partial charge in [-0.3, -0.25) is 4.79 Å². The maximum atomic E-state index is 12.4. The highest BCUT2D eigenvalue weighted by Gasteiger charge is 2.30. The maximum absolute atomic E-state index is 12.4. The number of thiophene rings is 1. The molecule has 0 spiro atoms. The maximum Gasteiger partial charge on any atom is 0.416 e. The predicted octanol–water partition coefficient (Wildman–Crippen LogP) is 4.89. The SMILES string of the molecule is CCc1sc(C(=O)Nc2ccc(C(F)(F)F)cc2)cc1C. The second kappa shape index (κ2) is 5.89. The smallest absolute Gasteiger partial charge is 0.321 e. The van der Waals surface area contributed by atoms with Crippen molar-refractivity contribution in [3.63, 3.8) is 0 Å². The number of benzene rings is 1. The molecule has 0 aliphatic rings. The summed E-state index contributed by atoms with van der Waals surface area (Å²) < 4.78 is 37.3. The molecule has 1 aromatic carbocycles. The summed E-state index contributed by atoms with van der Waals surface area (Å²) in [7, 11) is 0. The Kier molecular flexibility index (Phi) is 4.37. The van der Waals surface area contributed by atoms with Gasteiger partial charge in [-0.1, -0.05) is 6.92 Å². The summed E-state index contributed by atoms with van der Waals surface area (Å²) in [6, 6.07) is 6.20. The highest BCUT2D eigenvalue weighted by molar-refractivity contribution is 7.14. The molecule has 2 rings (SSSR count). The lowest BCUT2D eigenvalue weighted by Gasteiger charge is -2.08. The fraction of sp³-hybridized carbons (Fsp3) is 0.267. The predicted molar refractivity (Wildman–Crippen MR) is 77.8 cm³/mol. The molecule has 0 saturated carbocycles. The van der Waals surface area contributed by atoms with Crippen molar-refractivity contribution in [3.8, 4) is 0 Å². The highest BCUT2D eigenvalue weighted by atomic mass is 32.1. The number of hydrogen-bond acceptors (Lipinski definition) is 2. The van der Waals surface area contributed by atoms with Crippen LogP contribution in [0, 0.1) is 6.92 Å². The number of alkyl halides is 3. The first-order valence-electron chi connectivity index (χ1n) is 6.39. The minimum absolute atomic E-state index is 0.303. The van der Waals surface area contributed by atoms with Crippen LogP contribution >= 0.6 is 11.3 Å². The van der Waals surface area contributed by atoms with Crippen LogP contribution in [0.1, 0.15) is 32.6 Å². The van der Waals surface area contributed by atoms with Crippen molar-refractivity contribution in [2.75, 3.05) is 5.32 Å². The number of aryl methyl sites for hydroxylation is 2. The van der Waals surface area contributed by atoms with Crippen LogP contribution in [0.5, 0.6) is 0 Å². The standard InChI is InChI=1S/C15H14F3NOS/c1-3-12-9(2)8-13(21-12)14(20)19-11-6-4-10(5-7-11)15(16,17)18/h4-8H,3H2,1-2H3,(H,19,20). The van der Waals surface area contributed by atoms with E-state index in [0.717, 1.165) is 29.0 Å². The largest absolute Gasteiger partial charge is 0.416 e. The molecular weight excluding hydrogens is 299 g/mol. The highest BCUT2D eigenvalue weighted by Crippen LogP contribution is 2.30. The van der Waals surface area contributed by atoms with Gasteiger partial charge in [0.2, 0.25) is 0 Å². The number of halogens is 3. The van der Waals surface area contributed by atoms with Gasteiger partial charge >= 0.3 is 6.18 Å². The lowest BCUT2D eigenvalue weighted by Crippen LogP contribution is -2.11. The molecule has 1 heterocycles. The van der Waals surface area contributed by atoms with Gasteiger partial charge in [-0.25, -0.2) is 0 Å². The number of anilines is 1. The first-order chi connectivity index (χ1) is 9.81. The Morgan fingerprint density at radius 2 is 1.86 bits per heavy atom. The van der Waals surface area contributed by atoms with E-state index in [1.165, 1.54) is 23.5 Å². The zero-order valence-electron chi connectivity index (χ0n) is 11.5. The zero-order valence-corrected chi connectivity index (χ0v) is 12.4. The Bertz CT molecular complexity index is 644. The van der Waals surface area contributed by atoms with E-state index in [-0.39, 0.29) is 5.91 Å². The molecule has 0 aliphatic carbocycles. The fourth-order valence-corrected chi connectivity index (χ4v) is 2.93. The van der Waals surface area contributed by atoms with Gasteiger partial charge < -0.3 is 5.32 Å². The topological polar surface area (TPSA) is 29.1 Å². The van der Waals surface area contributed by atoms with E-state index in [0.29, 0.717) is 10.6 Å². The zero-order chi connectivity index (χ0) is 15.6. The van der Waals surface area contributed by atoms with Gasteiger partial charge in [0.05, 0.1) is 10.4 Å². The fourth-order valence-electron chi connectivity index (χ4n) is 1.92. The molecule has 0 unspecified atom stereocenters. The van der Waals surface area contributed by atoms with E-state index in [1.807, 2.05) is 13.8 Å². The number of carbonyl (C=O) groups excluding carboxylic acids is 1. The van der Waals surface area contributed by atoms with Gasteiger partial charge in [0.15, 0.2) is 0 Å². The molecule has 21 heavy (non-hydrogen) atoms. The number of amides is 1. The molecule has 1 amide bonds. The minimum Gasteiger partial charge on any atom is -0.321 e. The summed E-state index contributed by atoms with van der Waals surface area (Å²) in [5.41, 5.74) is 0.665. The van der Waals surface area contributed by atoms with Crippen LogP contribution in [0.3, 0.4) is 0 Å². The first kappa shape index (κ1) is 15.6. The van der Waals surface area contributed by atoms with Crippen molar-refractivity contribution in [2.24, 2.45) is 0 Å². The van der Waals surface area contributed by atoms with E-state index in [4.69, 9.17) is 0 Å². The van der Waals surface area contributed by atoms with Crippen LogP contribution in [0.2, 0.25) is 0 Å². The van der Waals surface area contributed by atoms with Gasteiger partial charge in [0.1, 0.15) is 0 Å². The Morgan fingerprint density at radius 3 is 2.33 bits per heavy atom. The summed E-state index contributed by atoms with van der Waals surface area (Å²) in [5.74, 6) is -0.303. The lowest BCUT2D eigenvalue weighted by atomic mass is 10.2. The van der Waals surface area contributed by atoms with Gasteiger partial charge in [0.25, 0.3) is 5.91 Å². The van der Waals surface area contributed by atoms with Crippen LogP contribution < -0.4 is 5.32 Å². The molecule has 0 aliphatic heterocycles. The van der Waals surface area contributed by atoms with Crippen LogP contribution in [0.4, 0.5) is 18.9 Å². The Hall–Kier alpha value is -1.82. The van der Waals surface area contributed by atoms with Crippen molar-refractivity contribution in [2.45, 2.75) is 26.4 Å². The van der Waals surface area contributed by atoms with Crippen molar-refractivity contribution >= 4 is 22.9 Å². The molecule has 6 heteroatoms. The number of nitrogens with one attached hydrogen (secondary N) is 1. The van der Waals surface area contributed by atoms with E-state index in [9.17, 15) is 18.0 Å². The molecule has 1 N–H and O–H groups in total. The third kappa shape index (κ3) is 3.64. The van der Waals surface area contributed by atoms with Gasteiger partial charge in [-0.2, -0.15) is 13.2 Å². The molecule has 1 aromatic heterocycles. The molecule has 2 nitrogen and oxygen atoms in total. The van der Waals surface area contributed by atoms with E-state index < -0.39 is 11.7 Å². The van der Waals surface area contributed by atoms with Crippen molar-refractivity contribution in [3.05, 3.63) is 51.2 Å². The van der Waals surface area contributed by atoms with Crippen molar-refractivity contribution < 1.29 is 18.0 Å². The lowest BCUT2D eigenvalue weighted by molar-refractivity contribution is -0.137. The normalized spacial score (nSPS) is 11.5. The Labute approximate surface area is 124 Å². The molecule has 0 bridgehead atoms. The van der Waals surface area contributed by atoms with Crippen molar-refractivity contribution in [1.82, 2.24) is 0 Å². The summed E-state index contributed by atoms with van der Waals surface area (Å²) >= 11 is 1.40. The average molecular weight is 313 g/mol. The summed E-state index contributed by atoms with van der Waals surface area (Å²) in [4.78, 5) is 13.7. The molecule has 0 radical (unpaired) electrons. The molecule has 2 aromatic rings. The van der Waals surface area contributed by atoms with Crippen molar-refractivity contribution in [1.29, 1.82) is 0 Å². The van der Waals surface area contributed by atoms with E-state index in [2.05, 4.69) is 5.32 Å². The monoisotopic (exact) mass is 313 g/mol. The minimum atomic E-state index is -4.37. The van der Waals surface area contributed by atoms with E-state index >= 15 is 0 Å². The van der Waals surface area contributed by atoms with E-state index in [1.54, 1.807) is 6.07 Å². The quantitative estimate of drug-likeness (QED) is 0.859. The van der Waals surface area contributed by atoms with Gasteiger partial charge in [-0.15, -0.1) is 11.3 Å². The van der Waals surface area contributed by atoms with Crippen LogP contribution in [0.25, 0.3) is 0 Å². The molecule has 112 valence electrons. The number of hydrogen-bond donors (Lipinski definition) is 1. The summed E-state index contributed by atoms with van der Waals surface area (Å²) in [6.45, 7) is 3.95. The molecule has 0 atom stereocenters. The van der Waals surface area contributed by atoms with Gasteiger partial charge in [-0.05, 0) is 49.2 Å². The summed E-state index contributed by atoms with van der Waals surface area (Å²) in [5, 5.41) is 2.61. The second-order valence-electron chi connectivity index (χ2n) is 4.60. The Balaban J connectivity index is 2.12. The molecule has 0 fully saturated rings. The Morgan fingerprint density at radius 1 is 1.24 bits per heavy atom. The molecule has 0 saturated heterocycles. The summed E-state index contributed by atoms with van der Waals surface area (Å²) in [6.07, 6.45) is -3.52. The third-order valence-corrected chi connectivity index (χ3v) is 4.42. The molecular formula is C15H14F3NOS. The third-order valence-electron chi connectivity index (χ3n) is 3.04. The van der Waals surface area contributed by atoms with Crippen LogP contribution in [-0.2, 0) is 12.6 Å². The first-order valence-corrected chi connectivity index (χ1v) is 7.21. The number of carbonyl (C=O) groups is 1. The van der Waals surface area contributed by atoms with Crippen LogP contribution in [-0.4, -0.2) is 5.91 Å². The van der Waals surface area contributed by atoms with Gasteiger partial charge in [0, 0.05) is 10.6 Å². The average Bonchev–Trinajstić information content (AvgIpc) is 2.79. The van der Waals surface area contributed by atoms with Crippen LogP contribution in [0.15, 0.2) is 30.3 Å². The second-order valence-corrected chi connectivity index (χ2v) is 5.74.